The minimum absolute atomic E-state index is 0.374. The summed E-state index contributed by atoms with van der Waals surface area (Å²) < 4.78 is 0. The fourth-order valence-electron chi connectivity index (χ4n) is 1.07. The van der Waals surface area contributed by atoms with Crippen LogP contribution in [0, 0.1) is 5.92 Å². The highest BCUT2D eigenvalue weighted by Gasteiger charge is 2.03. The molecule has 0 aromatic heterocycles. The predicted molar refractivity (Wildman–Crippen MR) is 50.7 cm³/mol. The summed E-state index contributed by atoms with van der Waals surface area (Å²) in [6.45, 7) is 6.57. The van der Waals surface area contributed by atoms with Crippen LogP contribution < -0.4 is 0 Å². The van der Waals surface area contributed by atoms with E-state index in [1.54, 1.807) is 0 Å². The van der Waals surface area contributed by atoms with Crippen LogP contribution in [0.25, 0.3) is 0 Å². The Labute approximate surface area is 71.5 Å². The molecule has 1 radical (unpaired) electrons. The highest BCUT2D eigenvalue weighted by atomic mass is 16.2. The minimum Gasteiger partial charge on any atom is -0.454 e. The maximum absolute atomic E-state index is 8.63. The van der Waals surface area contributed by atoms with Crippen molar-refractivity contribution in [2.45, 2.75) is 52.3 Å². The summed E-state index contributed by atoms with van der Waals surface area (Å²) in [5.41, 5.74) is 0. The lowest BCUT2D eigenvalue weighted by atomic mass is 9.78. The Bertz CT molecular complexity index is 75.6. The van der Waals surface area contributed by atoms with Gasteiger partial charge in [0.1, 0.15) is 0 Å². The molecular formula is C9H20BO. The summed E-state index contributed by atoms with van der Waals surface area (Å²) >= 11 is 0. The van der Waals surface area contributed by atoms with Gasteiger partial charge in [-0.3, -0.25) is 0 Å². The van der Waals surface area contributed by atoms with Crippen LogP contribution in [0.3, 0.4) is 0 Å². The molecule has 0 aromatic carbocycles. The van der Waals surface area contributed by atoms with Gasteiger partial charge in [-0.15, -0.1) is 0 Å². The van der Waals surface area contributed by atoms with E-state index in [1.807, 2.05) is 0 Å². The molecule has 2 heteroatoms. The van der Waals surface area contributed by atoms with Gasteiger partial charge in [0.15, 0.2) is 0 Å². The van der Waals surface area contributed by atoms with E-state index in [9.17, 15) is 0 Å². The van der Waals surface area contributed by atoms with Gasteiger partial charge >= 0.3 is 0 Å². The van der Waals surface area contributed by atoms with Crippen molar-refractivity contribution < 1.29 is 5.02 Å². The van der Waals surface area contributed by atoms with Gasteiger partial charge < -0.3 is 5.02 Å². The summed E-state index contributed by atoms with van der Waals surface area (Å²) in [5, 5.41) is 8.63. The SMILES string of the molecule is CCC(C)CCCC(C)[B]O. The molecule has 0 aromatic rings. The second kappa shape index (κ2) is 6.72. The Hall–Kier alpha value is 0.0249. The number of hydrogen-bond acceptors (Lipinski definition) is 1. The van der Waals surface area contributed by atoms with Crippen LogP contribution in [0.1, 0.15) is 46.5 Å². The highest BCUT2D eigenvalue weighted by molar-refractivity contribution is 6.27. The van der Waals surface area contributed by atoms with Crippen molar-refractivity contribution in [1.29, 1.82) is 0 Å². The fraction of sp³-hybridized carbons (Fsp3) is 1.00. The minimum atomic E-state index is 0.374. The largest absolute Gasteiger partial charge is 0.454 e. The van der Waals surface area contributed by atoms with Crippen LogP contribution >= 0.6 is 0 Å². The summed E-state index contributed by atoms with van der Waals surface area (Å²) in [6, 6.07) is 0. The quantitative estimate of drug-likeness (QED) is 0.584. The first-order valence-electron chi connectivity index (χ1n) is 4.68. The normalized spacial score (nSPS) is 16.0. The summed E-state index contributed by atoms with van der Waals surface area (Å²) in [6.07, 6.45) is 4.94. The van der Waals surface area contributed by atoms with E-state index >= 15 is 0 Å². The van der Waals surface area contributed by atoms with Crippen LogP contribution in [0.4, 0.5) is 0 Å². The van der Waals surface area contributed by atoms with Crippen LogP contribution in [-0.4, -0.2) is 12.5 Å². The van der Waals surface area contributed by atoms with Crippen LogP contribution in [-0.2, 0) is 0 Å². The lowest BCUT2D eigenvalue weighted by Crippen LogP contribution is -1.99. The van der Waals surface area contributed by atoms with Crippen molar-refractivity contribution in [3.8, 4) is 0 Å². The van der Waals surface area contributed by atoms with Crippen molar-refractivity contribution in [1.82, 2.24) is 0 Å². The molecule has 2 atom stereocenters. The second-order valence-corrected chi connectivity index (χ2v) is 3.57. The molecule has 0 saturated carbocycles. The molecule has 0 aliphatic carbocycles. The molecule has 0 aliphatic heterocycles. The van der Waals surface area contributed by atoms with Gasteiger partial charge in [-0.05, 0) is 11.7 Å². The van der Waals surface area contributed by atoms with Gasteiger partial charge in [0, 0.05) is 0 Å². The first-order valence-corrected chi connectivity index (χ1v) is 4.68. The Morgan fingerprint density at radius 1 is 1.27 bits per heavy atom. The van der Waals surface area contributed by atoms with E-state index in [2.05, 4.69) is 20.8 Å². The third-order valence-electron chi connectivity index (χ3n) is 2.31. The smallest absolute Gasteiger partial charge is 0.290 e. The molecule has 0 bridgehead atoms. The zero-order valence-electron chi connectivity index (χ0n) is 8.01. The van der Waals surface area contributed by atoms with Crippen LogP contribution in [0.5, 0.6) is 0 Å². The van der Waals surface area contributed by atoms with Gasteiger partial charge in [-0.25, -0.2) is 0 Å². The summed E-state index contributed by atoms with van der Waals surface area (Å²) in [4.78, 5) is 0. The Morgan fingerprint density at radius 3 is 2.36 bits per heavy atom. The van der Waals surface area contributed by atoms with E-state index < -0.39 is 0 Å². The molecule has 0 amide bonds. The molecule has 0 saturated heterocycles. The zero-order valence-corrected chi connectivity index (χ0v) is 8.01. The van der Waals surface area contributed by atoms with Gasteiger partial charge in [0.2, 0.25) is 0 Å². The van der Waals surface area contributed by atoms with Gasteiger partial charge in [-0.1, -0.05) is 46.5 Å². The lowest BCUT2D eigenvalue weighted by molar-refractivity contribution is 0.474. The number of rotatable bonds is 6. The van der Waals surface area contributed by atoms with E-state index in [4.69, 9.17) is 5.02 Å². The molecule has 0 heterocycles. The maximum Gasteiger partial charge on any atom is 0.290 e. The molecule has 0 aliphatic rings. The fourth-order valence-corrected chi connectivity index (χ4v) is 1.07. The summed E-state index contributed by atoms with van der Waals surface area (Å²) in [5.74, 6) is 1.22. The average molecular weight is 155 g/mol. The number of hydrogen-bond donors (Lipinski definition) is 1. The van der Waals surface area contributed by atoms with E-state index in [1.165, 1.54) is 26.7 Å². The topological polar surface area (TPSA) is 20.2 Å². The van der Waals surface area contributed by atoms with Crippen molar-refractivity contribution in [3.05, 3.63) is 0 Å². The van der Waals surface area contributed by atoms with E-state index in [0.29, 0.717) is 5.82 Å². The first kappa shape index (κ1) is 11.0. The molecule has 65 valence electrons. The summed E-state index contributed by atoms with van der Waals surface area (Å²) in [7, 11) is 1.30. The van der Waals surface area contributed by atoms with Gasteiger partial charge in [-0.2, -0.15) is 0 Å². The second-order valence-electron chi connectivity index (χ2n) is 3.57. The third-order valence-corrected chi connectivity index (χ3v) is 2.31. The molecular weight excluding hydrogens is 135 g/mol. The standard InChI is InChI=1S/C9H20BO/c1-4-8(2)6-5-7-9(3)10-11/h8-9,11H,4-7H2,1-3H3. The Kier molecular flexibility index (Phi) is 6.73. The molecule has 1 nitrogen and oxygen atoms in total. The molecule has 11 heavy (non-hydrogen) atoms. The average Bonchev–Trinajstić information content (AvgIpc) is 2.04. The third kappa shape index (κ3) is 6.42. The van der Waals surface area contributed by atoms with Crippen molar-refractivity contribution >= 4 is 7.48 Å². The van der Waals surface area contributed by atoms with Crippen LogP contribution in [0.2, 0.25) is 5.82 Å². The monoisotopic (exact) mass is 155 g/mol. The van der Waals surface area contributed by atoms with E-state index in [-0.39, 0.29) is 0 Å². The molecule has 0 spiro atoms. The van der Waals surface area contributed by atoms with Crippen molar-refractivity contribution in [3.63, 3.8) is 0 Å². The van der Waals surface area contributed by atoms with Crippen molar-refractivity contribution in [2.75, 3.05) is 0 Å². The van der Waals surface area contributed by atoms with E-state index in [0.717, 1.165) is 12.3 Å². The molecule has 1 N–H and O–H groups in total. The van der Waals surface area contributed by atoms with Crippen molar-refractivity contribution in [2.24, 2.45) is 5.92 Å². The first-order chi connectivity index (χ1) is 5.20. The Morgan fingerprint density at radius 2 is 1.91 bits per heavy atom. The zero-order chi connectivity index (χ0) is 8.69. The molecule has 0 rings (SSSR count). The predicted octanol–water partition coefficient (Wildman–Crippen LogP) is 2.62. The lowest BCUT2D eigenvalue weighted by Gasteiger charge is -2.09. The molecule has 2 unspecified atom stereocenters. The molecule has 0 fully saturated rings. The van der Waals surface area contributed by atoms with Gasteiger partial charge in [0.05, 0.1) is 0 Å². The van der Waals surface area contributed by atoms with Crippen LogP contribution in [0.15, 0.2) is 0 Å². The maximum atomic E-state index is 8.63. The highest BCUT2D eigenvalue weighted by Crippen LogP contribution is 2.16. The van der Waals surface area contributed by atoms with Gasteiger partial charge in [0.25, 0.3) is 7.48 Å². The Balaban J connectivity index is 3.13.